The molecule has 1 amide bonds. The van der Waals surface area contributed by atoms with Gasteiger partial charge in [-0.1, -0.05) is 0 Å². The van der Waals surface area contributed by atoms with Gasteiger partial charge in [0.05, 0.1) is 19.1 Å². The van der Waals surface area contributed by atoms with Gasteiger partial charge < -0.3 is 14.4 Å². The number of hydrogen-bond donors (Lipinski definition) is 0. The fourth-order valence-electron chi connectivity index (χ4n) is 3.03. The molecule has 0 aromatic heterocycles. The number of hydrogen-bond acceptors (Lipinski definition) is 5. The van der Waals surface area contributed by atoms with E-state index in [0.29, 0.717) is 17.1 Å². The first-order chi connectivity index (χ1) is 13.4. The van der Waals surface area contributed by atoms with E-state index in [1.54, 1.807) is 11.0 Å². The first-order valence-corrected chi connectivity index (χ1v) is 10.1. The Morgan fingerprint density at radius 3 is 2.11 bits per heavy atom. The van der Waals surface area contributed by atoms with Gasteiger partial charge in [-0.2, -0.15) is 4.31 Å². The monoisotopic (exact) mass is 408 g/mol. The molecule has 9 heteroatoms. The van der Waals surface area contributed by atoms with Crippen molar-refractivity contribution in [2.75, 3.05) is 40.4 Å². The van der Waals surface area contributed by atoms with Gasteiger partial charge in [-0.25, -0.2) is 12.8 Å². The lowest BCUT2D eigenvalue weighted by molar-refractivity contribution is 0.0698. The predicted octanol–water partition coefficient (Wildman–Crippen LogP) is 1.99. The molecule has 2 aromatic rings. The van der Waals surface area contributed by atoms with E-state index in [4.69, 9.17) is 9.47 Å². The maximum Gasteiger partial charge on any atom is 0.253 e. The Bertz CT molecular complexity index is 955. The minimum absolute atomic E-state index is 0.100. The van der Waals surface area contributed by atoms with Gasteiger partial charge in [-0.05, 0) is 36.4 Å². The molecule has 0 radical (unpaired) electrons. The molecular weight excluding hydrogens is 387 g/mol. The minimum atomic E-state index is -3.73. The van der Waals surface area contributed by atoms with Gasteiger partial charge in [-0.15, -0.1) is 0 Å². The van der Waals surface area contributed by atoms with Crippen LogP contribution in [0.15, 0.2) is 47.4 Å². The summed E-state index contributed by atoms with van der Waals surface area (Å²) in [5.74, 6) is 0.107. The van der Waals surface area contributed by atoms with Crippen LogP contribution in [-0.2, 0) is 10.0 Å². The summed E-state index contributed by atoms with van der Waals surface area (Å²) < 4.78 is 50.5. The molecule has 1 saturated heterocycles. The van der Waals surface area contributed by atoms with E-state index < -0.39 is 15.8 Å². The van der Waals surface area contributed by atoms with Crippen molar-refractivity contribution in [2.24, 2.45) is 0 Å². The fourth-order valence-corrected chi connectivity index (χ4v) is 4.47. The summed E-state index contributed by atoms with van der Waals surface area (Å²) in [7, 11) is -0.815. The van der Waals surface area contributed by atoms with E-state index in [1.165, 1.54) is 54.9 Å². The highest BCUT2D eigenvalue weighted by Gasteiger charge is 2.31. The third-order valence-electron chi connectivity index (χ3n) is 4.61. The molecule has 7 nitrogen and oxygen atoms in total. The van der Waals surface area contributed by atoms with Gasteiger partial charge in [0.1, 0.15) is 5.82 Å². The van der Waals surface area contributed by atoms with Crippen molar-refractivity contribution in [3.05, 3.63) is 53.8 Å². The summed E-state index contributed by atoms with van der Waals surface area (Å²) in [5.41, 5.74) is 0.373. The largest absolute Gasteiger partial charge is 0.493 e. The Morgan fingerprint density at radius 1 is 0.929 bits per heavy atom. The number of rotatable bonds is 5. The van der Waals surface area contributed by atoms with Crippen LogP contribution in [0.25, 0.3) is 0 Å². The van der Waals surface area contributed by atoms with Crippen molar-refractivity contribution in [3.63, 3.8) is 0 Å². The summed E-state index contributed by atoms with van der Waals surface area (Å²) in [4.78, 5) is 14.2. The van der Waals surface area contributed by atoms with E-state index in [-0.39, 0.29) is 37.0 Å². The van der Waals surface area contributed by atoms with Crippen LogP contribution in [0.5, 0.6) is 11.5 Å². The third kappa shape index (κ3) is 3.95. The highest BCUT2D eigenvalue weighted by atomic mass is 32.2. The van der Waals surface area contributed by atoms with Gasteiger partial charge >= 0.3 is 0 Å². The standard InChI is InChI=1S/C19H21FN2O5S/c1-26-17-8-7-16(13-18(17)27-2)28(24,25)22-11-9-21(10-12-22)19(23)14-3-5-15(20)6-4-14/h3-8,13H,9-12H2,1-2H3. The van der Waals surface area contributed by atoms with Crippen LogP contribution >= 0.6 is 0 Å². The highest BCUT2D eigenvalue weighted by Crippen LogP contribution is 2.31. The van der Waals surface area contributed by atoms with Crippen LogP contribution in [0.3, 0.4) is 0 Å². The van der Waals surface area contributed by atoms with Crippen molar-refractivity contribution in [2.45, 2.75) is 4.90 Å². The van der Waals surface area contributed by atoms with E-state index >= 15 is 0 Å². The number of ether oxygens (including phenoxy) is 2. The Hall–Kier alpha value is -2.65. The van der Waals surface area contributed by atoms with Gasteiger partial charge in [0.15, 0.2) is 11.5 Å². The summed E-state index contributed by atoms with van der Waals surface area (Å²) >= 11 is 0. The second-order valence-electron chi connectivity index (χ2n) is 6.22. The minimum Gasteiger partial charge on any atom is -0.493 e. The number of benzene rings is 2. The molecule has 0 saturated carbocycles. The highest BCUT2D eigenvalue weighted by molar-refractivity contribution is 7.89. The maximum absolute atomic E-state index is 13.0. The molecular formula is C19H21FN2O5S. The third-order valence-corrected chi connectivity index (χ3v) is 6.50. The van der Waals surface area contributed by atoms with Gasteiger partial charge in [0.25, 0.3) is 5.91 Å². The molecule has 0 aliphatic carbocycles. The molecule has 1 fully saturated rings. The van der Waals surface area contributed by atoms with Gasteiger partial charge in [0, 0.05) is 37.8 Å². The number of methoxy groups -OCH3 is 2. The van der Waals surface area contributed by atoms with Crippen molar-refractivity contribution < 1.29 is 27.1 Å². The van der Waals surface area contributed by atoms with Crippen LogP contribution in [0.2, 0.25) is 0 Å². The first-order valence-electron chi connectivity index (χ1n) is 8.64. The zero-order valence-corrected chi connectivity index (χ0v) is 16.4. The average molecular weight is 408 g/mol. The number of amides is 1. The van der Waals surface area contributed by atoms with Crippen LogP contribution in [0.1, 0.15) is 10.4 Å². The van der Waals surface area contributed by atoms with Gasteiger partial charge in [-0.3, -0.25) is 4.79 Å². The summed E-state index contributed by atoms with van der Waals surface area (Å²) in [6.07, 6.45) is 0. The Kier molecular flexibility index (Phi) is 5.85. The predicted molar refractivity (Wildman–Crippen MR) is 101 cm³/mol. The summed E-state index contributed by atoms with van der Waals surface area (Å²) in [5, 5.41) is 0. The molecule has 0 spiro atoms. The average Bonchev–Trinajstić information content (AvgIpc) is 2.73. The molecule has 1 aliphatic rings. The molecule has 2 aromatic carbocycles. The lowest BCUT2D eigenvalue weighted by Crippen LogP contribution is -2.50. The Balaban J connectivity index is 1.71. The molecule has 150 valence electrons. The SMILES string of the molecule is COc1ccc(S(=O)(=O)N2CCN(C(=O)c3ccc(F)cc3)CC2)cc1OC. The number of halogens is 1. The van der Waals surface area contributed by atoms with E-state index in [1.807, 2.05) is 0 Å². The van der Waals surface area contributed by atoms with Crippen molar-refractivity contribution in [3.8, 4) is 11.5 Å². The lowest BCUT2D eigenvalue weighted by atomic mass is 10.2. The second-order valence-corrected chi connectivity index (χ2v) is 8.16. The number of sulfonamides is 1. The second kappa shape index (κ2) is 8.15. The number of piperazine rings is 1. The Morgan fingerprint density at radius 2 is 1.54 bits per heavy atom. The molecule has 3 rings (SSSR count). The van der Waals surface area contributed by atoms with E-state index in [0.717, 1.165) is 0 Å². The van der Waals surface area contributed by atoms with E-state index in [9.17, 15) is 17.6 Å². The lowest BCUT2D eigenvalue weighted by Gasteiger charge is -2.34. The van der Waals surface area contributed by atoms with Crippen LogP contribution in [0.4, 0.5) is 4.39 Å². The zero-order valence-electron chi connectivity index (χ0n) is 15.6. The molecule has 0 unspecified atom stereocenters. The topological polar surface area (TPSA) is 76.2 Å². The smallest absolute Gasteiger partial charge is 0.253 e. The number of carbonyl (C=O) groups is 1. The van der Waals surface area contributed by atoms with Crippen molar-refractivity contribution >= 4 is 15.9 Å². The fraction of sp³-hybridized carbons (Fsp3) is 0.316. The van der Waals surface area contributed by atoms with E-state index in [2.05, 4.69) is 0 Å². The summed E-state index contributed by atoms with van der Waals surface area (Å²) in [6, 6.07) is 9.72. The van der Waals surface area contributed by atoms with Crippen molar-refractivity contribution in [1.82, 2.24) is 9.21 Å². The van der Waals surface area contributed by atoms with Gasteiger partial charge in [0.2, 0.25) is 10.0 Å². The molecule has 28 heavy (non-hydrogen) atoms. The quantitative estimate of drug-likeness (QED) is 0.756. The molecule has 1 heterocycles. The molecule has 0 bridgehead atoms. The molecule has 1 aliphatic heterocycles. The normalized spacial score (nSPS) is 15.3. The molecule has 0 N–H and O–H groups in total. The van der Waals surface area contributed by atoms with Crippen LogP contribution < -0.4 is 9.47 Å². The maximum atomic E-state index is 13.0. The number of carbonyl (C=O) groups excluding carboxylic acids is 1. The summed E-state index contributed by atoms with van der Waals surface area (Å²) in [6.45, 7) is 0.846. The van der Waals surface area contributed by atoms with Crippen LogP contribution in [0, 0.1) is 5.82 Å². The van der Waals surface area contributed by atoms with Crippen molar-refractivity contribution in [1.29, 1.82) is 0 Å². The molecule has 0 atom stereocenters. The van der Waals surface area contributed by atoms with Crippen LogP contribution in [-0.4, -0.2) is 63.9 Å². The first kappa shape index (κ1) is 20.1. The Labute approximate surface area is 163 Å². The number of nitrogens with zero attached hydrogens (tertiary/aromatic N) is 2. The zero-order chi connectivity index (χ0) is 20.3.